The second-order valence-electron chi connectivity index (χ2n) is 5.72. The van der Waals surface area contributed by atoms with Gasteiger partial charge in [-0.2, -0.15) is 0 Å². The fraction of sp³-hybridized carbons (Fsp3) is 0.263. The molecule has 0 aliphatic heterocycles. The van der Waals surface area contributed by atoms with Gasteiger partial charge in [-0.1, -0.05) is 23.8 Å². The third kappa shape index (κ3) is 4.95. The van der Waals surface area contributed by atoms with Gasteiger partial charge >= 0.3 is 0 Å². The monoisotopic (exact) mass is 310 g/mol. The summed E-state index contributed by atoms with van der Waals surface area (Å²) in [5.41, 5.74) is 4.75. The largest absolute Gasteiger partial charge is 0.352 e. The Kier molecular flexibility index (Phi) is 5.52. The molecule has 2 rings (SSSR count). The summed E-state index contributed by atoms with van der Waals surface area (Å²) in [5, 5.41) is 5.61. The van der Waals surface area contributed by atoms with Gasteiger partial charge in [-0.15, -0.1) is 0 Å². The molecule has 0 saturated carbocycles. The fourth-order valence-electron chi connectivity index (χ4n) is 2.22. The maximum atomic E-state index is 12.0. The summed E-state index contributed by atoms with van der Waals surface area (Å²) in [6, 6.07) is 13.2. The molecular weight excluding hydrogens is 288 g/mol. The van der Waals surface area contributed by atoms with Gasteiger partial charge in [0.25, 0.3) is 5.91 Å². The zero-order chi connectivity index (χ0) is 16.8. The van der Waals surface area contributed by atoms with Crippen LogP contribution < -0.4 is 10.6 Å². The molecule has 120 valence electrons. The SMILES string of the molecule is Cc1cccc(C(=O)NCCC(=O)Nc2ccc(C)c(C)c2)c1. The maximum Gasteiger partial charge on any atom is 0.251 e. The smallest absolute Gasteiger partial charge is 0.251 e. The molecule has 0 spiro atoms. The van der Waals surface area contributed by atoms with E-state index in [1.807, 2.05) is 57.2 Å². The minimum absolute atomic E-state index is 0.113. The van der Waals surface area contributed by atoms with E-state index in [0.29, 0.717) is 12.1 Å². The molecule has 4 nitrogen and oxygen atoms in total. The van der Waals surface area contributed by atoms with Crippen molar-refractivity contribution in [2.45, 2.75) is 27.2 Å². The van der Waals surface area contributed by atoms with Crippen LogP contribution in [-0.2, 0) is 4.79 Å². The Labute approximate surface area is 136 Å². The zero-order valence-corrected chi connectivity index (χ0v) is 13.8. The van der Waals surface area contributed by atoms with Crippen LogP contribution in [0.2, 0.25) is 0 Å². The standard InChI is InChI=1S/C19H22N2O2/c1-13-5-4-6-16(11-13)19(23)20-10-9-18(22)21-17-8-7-14(2)15(3)12-17/h4-8,11-12H,9-10H2,1-3H3,(H,20,23)(H,21,22). The molecule has 0 atom stereocenters. The summed E-state index contributed by atoms with van der Waals surface area (Å²) in [6.45, 7) is 6.28. The Hall–Kier alpha value is -2.62. The number of rotatable bonds is 5. The van der Waals surface area contributed by atoms with Gasteiger partial charge < -0.3 is 10.6 Å². The number of amides is 2. The number of carbonyl (C=O) groups is 2. The van der Waals surface area contributed by atoms with Crippen LogP contribution in [0.15, 0.2) is 42.5 Å². The quantitative estimate of drug-likeness (QED) is 0.889. The van der Waals surface area contributed by atoms with E-state index in [2.05, 4.69) is 10.6 Å². The number of hydrogen-bond donors (Lipinski definition) is 2. The summed E-state index contributed by atoms with van der Waals surface area (Å²) in [4.78, 5) is 23.9. The van der Waals surface area contributed by atoms with Crippen molar-refractivity contribution in [2.24, 2.45) is 0 Å². The summed E-state index contributed by atoms with van der Waals surface area (Å²) >= 11 is 0. The molecule has 0 bridgehead atoms. The van der Waals surface area contributed by atoms with Crippen molar-refractivity contribution in [3.05, 3.63) is 64.7 Å². The Morgan fingerprint density at radius 2 is 1.74 bits per heavy atom. The van der Waals surface area contributed by atoms with E-state index in [1.165, 1.54) is 5.56 Å². The molecule has 0 aliphatic carbocycles. The zero-order valence-electron chi connectivity index (χ0n) is 13.8. The van der Waals surface area contributed by atoms with Crippen LogP contribution >= 0.6 is 0 Å². The first kappa shape index (κ1) is 16.7. The highest BCUT2D eigenvalue weighted by Gasteiger charge is 2.07. The lowest BCUT2D eigenvalue weighted by molar-refractivity contribution is -0.116. The third-order valence-electron chi connectivity index (χ3n) is 3.71. The summed E-state index contributed by atoms with van der Waals surface area (Å²) < 4.78 is 0. The van der Waals surface area contributed by atoms with Crippen LogP contribution in [0.5, 0.6) is 0 Å². The molecular formula is C19H22N2O2. The third-order valence-corrected chi connectivity index (χ3v) is 3.71. The van der Waals surface area contributed by atoms with Gasteiger partial charge in [0.05, 0.1) is 0 Å². The van der Waals surface area contributed by atoms with E-state index >= 15 is 0 Å². The van der Waals surface area contributed by atoms with Crippen LogP contribution in [0.1, 0.15) is 33.5 Å². The van der Waals surface area contributed by atoms with Crippen molar-refractivity contribution < 1.29 is 9.59 Å². The van der Waals surface area contributed by atoms with Crippen LogP contribution in [-0.4, -0.2) is 18.4 Å². The highest BCUT2D eigenvalue weighted by molar-refractivity contribution is 5.95. The van der Waals surface area contributed by atoms with E-state index in [0.717, 1.165) is 16.8 Å². The van der Waals surface area contributed by atoms with E-state index in [9.17, 15) is 9.59 Å². The first-order chi connectivity index (χ1) is 11.0. The van der Waals surface area contributed by atoms with Gasteiger partial charge in [-0.05, 0) is 56.2 Å². The lowest BCUT2D eigenvalue weighted by atomic mass is 10.1. The Morgan fingerprint density at radius 1 is 0.957 bits per heavy atom. The van der Waals surface area contributed by atoms with Crippen molar-refractivity contribution in [3.63, 3.8) is 0 Å². The number of nitrogens with one attached hydrogen (secondary N) is 2. The molecule has 4 heteroatoms. The predicted molar refractivity (Wildman–Crippen MR) is 92.7 cm³/mol. The summed E-state index contributed by atoms with van der Waals surface area (Å²) in [5.74, 6) is -0.273. The lowest BCUT2D eigenvalue weighted by Crippen LogP contribution is -2.27. The molecule has 2 aromatic carbocycles. The summed E-state index contributed by atoms with van der Waals surface area (Å²) in [7, 11) is 0. The molecule has 2 aromatic rings. The average Bonchev–Trinajstić information content (AvgIpc) is 2.51. The van der Waals surface area contributed by atoms with Gasteiger partial charge in [-0.3, -0.25) is 9.59 Å². The minimum Gasteiger partial charge on any atom is -0.352 e. The van der Waals surface area contributed by atoms with Crippen LogP contribution in [0.4, 0.5) is 5.69 Å². The van der Waals surface area contributed by atoms with Gasteiger partial charge in [0.1, 0.15) is 0 Å². The highest BCUT2D eigenvalue weighted by atomic mass is 16.2. The number of aryl methyl sites for hydroxylation is 3. The number of carbonyl (C=O) groups excluding carboxylic acids is 2. The van der Waals surface area contributed by atoms with Gasteiger partial charge in [0, 0.05) is 24.2 Å². The van der Waals surface area contributed by atoms with Gasteiger partial charge in [-0.25, -0.2) is 0 Å². The molecule has 0 aliphatic rings. The maximum absolute atomic E-state index is 12.0. The van der Waals surface area contributed by atoms with Crippen molar-refractivity contribution >= 4 is 17.5 Å². The highest BCUT2D eigenvalue weighted by Crippen LogP contribution is 2.14. The Balaban J connectivity index is 1.80. The molecule has 0 unspecified atom stereocenters. The van der Waals surface area contributed by atoms with E-state index < -0.39 is 0 Å². The molecule has 0 radical (unpaired) electrons. The topological polar surface area (TPSA) is 58.2 Å². The normalized spacial score (nSPS) is 10.2. The number of anilines is 1. The van der Waals surface area contributed by atoms with Crippen molar-refractivity contribution in [1.82, 2.24) is 5.32 Å². The number of benzene rings is 2. The molecule has 0 heterocycles. The Bertz CT molecular complexity index is 723. The average molecular weight is 310 g/mol. The van der Waals surface area contributed by atoms with Crippen molar-refractivity contribution in [2.75, 3.05) is 11.9 Å². The second kappa shape index (κ2) is 7.58. The Morgan fingerprint density at radius 3 is 2.43 bits per heavy atom. The van der Waals surface area contributed by atoms with Gasteiger partial charge in [0.2, 0.25) is 5.91 Å². The van der Waals surface area contributed by atoms with Gasteiger partial charge in [0.15, 0.2) is 0 Å². The van der Waals surface area contributed by atoms with Crippen molar-refractivity contribution in [1.29, 1.82) is 0 Å². The first-order valence-corrected chi connectivity index (χ1v) is 7.67. The molecule has 0 fully saturated rings. The molecule has 2 N–H and O–H groups in total. The van der Waals surface area contributed by atoms with Crippen molar-refractivity contribution in [3.8, 4) is 0 Å². The second-order valence-corrected chi connectivity index (χ2v) is 5.72. The molecule has 23 heavy (non-hydrogen) atoms. The van der Waals surface area contributed by atoms with E-state index in [4.69, 9.17) is 0 Å². The first-order valence-electron chi connectivity index (χ1n) is 7.67. The fourth-order valence-corrected chi connectivity index (χ4v) is 2.22. The van der Waals surface area contributed by atoms with E-state index in [-0.39, 0.29) is 18.2 Å². The van der Waals surface area contributed by atoms with E-state index in [1.54, 1.807) is 6.07 Å². The molecule has 0 aromatic heterocycles. The molecule has 2 amide bonds. The van der Waals surface area contributed by atoms with Crippen LogP contribution in [0.3, 0.4) is 0 Å². The van der Waals surface area contributed by atoms with Crippen LogP contribution in [0, 0.1) is 20.8 Å². The molecule has 0 saturated heterocycles. The van der Waals surface area contributed by atoms with Crippen LogP contribution in [0.25, 0.3) is 0 Å². The predicted octanol–water partition coefficient (Wildman–Crippen LogP) is 3.37. The lowest BCUT2D eigenvalue weighted by Gasteiger charge is -2.09. The minimum atomic E-state index is -0.160. The number of hydrogen-bond acceptors (Lipinski definition) is 2. The summed E-state index contributed by atoms with van der Waals surface area (Å²) in [6.07, 6.45) is 0.241.